The first-order chi connectivity index (χ1) is 8.13. The van der Waals surface area contributed by atoms with Gasteiger partial charge in [-0.25, -0.2) is 5.84 Å². The van der Waals surface area contributed by atoms with Crippen molar-refractivity contribution in [3.63, 3.8) is 0 Å². The number of non-ortho nitro benzene ring substituents is 1. The number of rotatable bonds is 6. The Labute approximate surface area is 96.4 Å². The molecular weight excluding hydrogens is 230 g/mol. The number of hydrazine groups is 1. The minimum absolute atomic E-state index is 0.0151. The van der Waals surface area contributed by atoms with E-state index in [1.165, 1.54) is 24.3 Å². The Morgan fingerprint density at radius 3 is 2.59 bits per heavy atom. The lowest BCUT2D eigenvalue weighted by Crippen LogP contribution is -2.26. The molecule has 17 heavy (non-hydrogen) atoms. The molecule has 0 saturated heterocycles. The maximum Gasteiger partial charge on any atom is 0.329 e. The van der Waals surface area contributed by atoms with Crippen LogP contribution in [-0.4, -0.2) is 17.5 Å². The van der Waals surface area contributed by atoms with Crippen LogP contribution in [0.1, 0.15) is 6.42 Å². The first kappa shape index (κ1) is 12.9. The van der Waals surface area contributed by atoms with Crippen molar-refractivity contribution in [2.45, 2.75) is 6.42 Å². The highest BCUT2D eigenvalue weighted by atomic mass is 16.7. The maximum atomic E-state index is 10.8. The monoisotopic (exact) mass is 241 g/mol. The van der Waals surface area contributed by atoms with Gasteiger partial charge in [0.15, 0.2) is 0 Å². The van der Waals surface area contributed by atoms with Crippen molar-refractivity contribution in [1.29, 1.82) is 0 Å². The van der Waals surface area contributed by atoms with E-state index in [0.29, 0.717) is 5.75 Å². The van der Waals surface area contributed by atoms with Crippen LogP contribution in [0.2, 0.25) is 0 Å². The lowest BCUT2D eigenvalue weighted by molar-refractivity contribution is -0.384. The Kier molecular flexibility index (Phi) is 4.85. The predicted molar refractivity (Wildman–Crippen MR) is 56.6 cm³/mol. The minimum Gasteiger partial charge on any atom is -0.493 e. The number of ether oxygens (including phenoxy) is 1. The molecule has 8 heteroatoms. The van der Waals surface area contributed by atoms with Gasteiger partial charge in [-0.2, -0.15) is 0 Å². The molecule has 0 bridgehead atoms. The minimum atomic E-state index is -0.561. The normalized spacial score (nSPS) is 9.71. The number of carbonyl (C=O) groups is 1. The van der Waals surface area contributed by atoms with Crippen molar-refractivity contribution < 1.29 is 19.3 Å². The van der Waals surface area contributed by atoms with Crippen LogP contribution in [0.5, 0.6) is 5.75 Å². The van der Waals surface area contributed by atoms with Gasteiger partial charge in [0.05, 0.1) is 18.0 Å². The highest BCUT2D eigenvalue weighted by molar-refractivity contribution is 5.69. The lowest BCUT2D eigenvalue weighted by Gasteiger charge is -2.05. The van der Waals surface area contributed by atoms with Crippen molar-refractivity contribution in [1.82, 2.24) is 5.59 Å². The first-order valence-electron chi connectivity index (χ1n) is 4.66. The zero-order valence-corrected chi connectivity index (χ0v) is 8.79. The number of benzene rings is 1. The second-order valence-corrected chi connectivity index (χ2v) is 2.94. The summed E-state index contributed by atoms with van der Waals surface area (Å²) < 4.78 is 5.17. The third-order valence-corrected chi connectivity index (χ3v) is 1.80. The third kappa shape index (κ3) is 4.45. The van der Waals surface area contributed by atoms with Gasteiger partial charge in [-0.3, -0.25) is 14.9 Å². The van der Waals surface area contributed by atoms with E-state index in [2.05, 4.69) is 4.84 Å². The summed E-state index contributed by atoms with van der Waals surface area (Å²) in [6, 6.07) is 5.53. The van der Waals surface area contributed by atoms with Crippen molar-refractivity contribution >= 4 is 11.7 Å². The summed E-state index contributed by atoms with van der Waals surface area (Å²) in [5, 5.41) is 10.4. The number of nitrogens with zero attached hydrogens (tertiary/aromatic N) is 1. The molecular formula is C9H11N3O5. The van der Waals surface area contributed by atoms with Gasteiger partial charge >= 0.3 is 5.97 Å². The van der Waals surface area contributed by atoms with Crippen molar-refractivity contribution in [3.8, 4) is 5.75 Å². The standard InChI is InChI=1S/C9H11N3O5/c10-11-17-9(13)5-6-16-8-3-1-7(2-4-8)12(14)15/h1-4,11H,5-6,10H2. The topological polar surface area (TPSA) is 117 Å². The van der Waals surface area contributed by atoms with E-state index >= 15 is 0 Å². The zero-order chi connectivity index (χ0) is 12.7. The van der Waals surface area contributed by atoms with E-state index in [-0.39, 0.29) is 18.7 Å². The number of nitrogens with two attached hydrogens (primary N) is 1. The molecule has 0 amide bonds. The van der Waals surface area contributed by atoms with Crippen LogP contribution >= 0.6 is 0 Å². The Balaban J connectivity index is 2.37. The summed E-state index contributed by atoms with van der Waals surface area (Å²) in [5.41, 5.74) is 1.73. The fraction of sp³-hybridized carbons (Fsp3) is 0.222. The Hall–Kier alpha value is -2.19. The van der Waals surface area contributed by atoms with Crippen LogP contribution < -0.4 is 16.2 Å². The summed E-state index contributed by atoms with van der Waals surface area (Å²) in [6.07, 6.45) is 0.0151. The molecule has 0 atom stereocenters. The summed E-state index contributed by atoms with van der Waals surface area (Å²) in [4.78, 5) is 25.0. The van der Waals surface area contributed by atoms with Gasteiger partial charge in [0, 0.05) is 12.1 Å². The number of nitro groups is 1. The van der Waals surface area contributed by atoms with E-state index in [4.69, 9.17) is 10.6 Å². The van der Waals surface area contributed by atoms with E-state index in [1.807, 2.05) is 0 Å². The van der Waals surface area contributed by atoms with E-state index < -0.39 is 10.9 Å². The van der Waals surface area contributed by atoms with Crippen LogP contribution in [0.4, 0.5) is 5.69 Å². The Bertz CT molecular complexity index is 392. The van der Waals surface area contributed by atoms with Gasteiger partial charge in [-0.05, 0) is 12.1 Å². The molecule has 0 aliphatic rings. The molecule has 0 radical (unpaired) electrons. The fourth-order valence-electron chi connectivity index (χ4n) is 1.03. The largest absolute Gasteiger partial charge is 0.493 e. The zero-order valence-electron chi connectivity index (χ0n) is 8.79. The van der Waals surface area contributed by atoms with Gasteiger partial charge in [0.2, 0.25) is 0 Å². The summed E-state index contributed by atoms with van der Waals surface area (Å²) in [7, 11) is 0. The molecule has 0 unspecified atom stereocenters. The average Bonchev–Trinajstić information content (AvgIpc) is 2.30. The number of hydrogen-bond donors (Lipinski definition) is 2. The average molecular weight is 241 g/mol. The quantitative estimate of drug-likeness (QED) is 0.417. The summed E-state index contributed by atoms with van der Waals surface area (Å²) in [6.45, 7) is 0.0956. The summed E-state index contributed by atoms with van der Waals surface area (Å²) >= 11 is 0. The molecule has 0 heterocycles. The van der Waals surface area contributed by atoms with Gasteiger partial charge in [-0.1, -0.05) is 5.59 Å². The van der Waals surface area contributed by atoms with E-state index in [1.54, 1.807) is 5.59 Å². The van der Waals surface area contributed by atoms with Crippen LogP contribution in [0, 0.1) is 10.1 Å². The van der Waals surface area contributed by atoms with Gasteiger partial charge in [0.1, 0.15) is 5.75 Å². The molecule has 0 spiro atoms. The molecule has 0 aromatic heterocycles. The molecule has 1 aromatic carbocycles. The maximum absolute atomic E-state index is 10.8. The third-order valence-electron chi connectivity index (χ3n) is 1.80. The van der Waals surface area contributed by atoms with Gasteiger partial charge in [0.25, 0.3) is 5.69 Å². The van der Waals surface area contributed by atoms with Gasteiger partial charge in [-0.15, -0.1) is 0 Å². The molecule has 0 aliphatic carbocycles. The van der Waals surface area contributed by atoms with Crippen LogP contribution in [0.3, 0.4) is 0 Å². The second-order valence-electron chi connectivity index (χ2n) is 2.94. The highest BCUT2D eigenvalue weighted by Gasteiger charge is 2.05. The first-order valence-corrected chi connectivity index (χ1v) is 4.66. The van der Waals surface area contributed by atoms with Crippen LogP contribution in [0.25, 0.3) is 0 Å². The number of nitro benzene ring substituents is 1. The molecule has 1 aromatic rings. The highest BCUT2D eigenvalue weighted by Crippen LogP contribution is 2.17. The fourth-order valence-corrected chi connectivity index (χ4v) is 1.03. The molecule has 1 rings (SSSR count). The smallest absolute Gasteiger partial charge is 0.329 e. The SMILES string of the molecule is NNOC(=O)CCOc1ccc([N+](=O)[O-])cc1. The predicted octanol–water partition coefficient (Wildman–Crippen LogP) is 0.285. The van der Waals surface area contributed by atoms with Crippen LogP contribution in [0.15, 0.2) is 24.3 Å². The summed E-state index contributed by atoms with van der Waals surface area (Å²) in [5.74, 6) is 4.63. The Morgan fingerprint density at radius 1 is 1.41 bits per heavy atom. The number of nitrogens with one attached hydrogen (secondary N) is 1. The molecule has 92 valence electrons. The van der Waals surface area contributed by atoms with E-state index in [9.17, 15) is 14.9 Å². The second kappa shape index (κ2) is 6.40. The van der Waals surface area contributed by atoms with Crippen LogP contribution in [-0.2, 0) is 9.63 Å². The molecule has 0 aliphatic heterocycles. The Morgan fingerprint density at radius 2 is 2.06 bits per heavy atom. The van der Waals surface area contributed by atoms with Crippen molar-refractivity contribution in [2.24, 2.45) is 5.84 Å². The number of hydrogen-bond acceptors (Lipinski definition) is 7. The van der Waals surface area contributed by atoms with E-state index in [0.717, 1.165) is 0 Å². The lowest BCUT2D eigenvalue weighted by atomic mass is 10.3. The molecule has 0 saturated carbocycles. The molecule has 3 N–H and O–H groups in total. The van der Waals surface area contributed by atoms with Gasteiger partial charge < -0.3 is 9.57 Å². The number of carbonyl (C=O) groups excluding carboxylic acids is 1. The van der Waals surface area contributed by atoms with Crippen molar-refractivity contribution in [3.05, 3.63) is 34.4 Å². The molecule has 0 fully saturated rings. The molecule has 8 nitrogen and oxygen atoms in total. The van der Waals surface area contributed by atoms with Crippen molar-refractivity contribution in [2.75, 3.05) is 6.61 Å².